The third kappa shape index (κ3) is 3.07. The summed E-state index contributed by atoms with van der Waals surface area (Å²) in [7, 11) is 0. The molecule has 5 nitrogen and oxygen atoms in total. The van der Waals surface area contributed by atoms with Crippen LogP contribution >= 0.6 is 15.9 Å². The summed E-state index contributed by atoms with van der Waals surface area (Å²) in [6, 6.07) is 0.560. The van der Waals surface area contributed by atoms with E-state index in [0.717, 1.165) is 49.7 Å². The molecule has 104 valence electrons. The molecular formula is C13H19BrN4O. The molecule has 1 aromatic rings. The fourth-order valence-corrected chi connectivity index (χ4v) is 3.35. The topological polar surface area (TPSA) is 41.5 Å². The molecule has 0 aliphatic carbocycles. The molecule has 3 heterocycles. The normalized spacial score (nSPS) is 24.9. The molecule has 0 radical (unpaired) electrons. The maximum Gasteiger partial charge on any atom is 0.146 e. The van der Waals surface area contributed by atoms with Gasteiger partial charge in [-0.15, -0.1) is 0 Å². The number of morpholine rings is 1. The molecule has 6 heteroatoms. The van der Waals surface area contributed by atoms with Crippen LogP contribution in [-0.2, 0) is 4.74 Å². The van der Waals surface area contributed by atoms with Crippen molar-refractivity contribution in [2.45, 2.75) is 18.9 Å². The van der Waals surface area contributed by atoms with Gasteiger partial charge < -0.3 is 9.64 Å². The Labute approximate surface area is 122 Å². The summed E-state index contributed by atoms with van der Waals surface area (Å²) in [4.78, 5) is 13.4. The number of rotatable bonds is 3. The first kappa shape index (κ1) is 13.3. The predicted molar refractivity (Wildman–Crippen MR) is 77.4 cm³/mol. The quantitative estimate of drug-likeness (QED) is 0.842. The Kier molecular flexibility index (Phi) is 4.30. The first-order chi connectivity index (χ1) is 9.34. The van der Waals surface area contributed by atoms with Gasteiger partial charge in [-0.1, -0.05) is 0 Å². The molecule has 0 N–H and O–H groups in total. The fraction of sp³-hybridized carbons (Fsp3) is 0.692. The van der Waals surface area contributed by atoms with E-state index in [1.54, 1.807) is 6.33 Å². The number of nitrogens with zero attached hydrogens (tertiary/aromatic N) is 4. The Balaban J connectivity index is 1.69. The second-order valence-corrected chi connectivity index (χ2v) is 5.95. The van der Waals surface area contributed by atoms with Crippen molar-refractivity contribution in [1.82, 2.24) is 14.9 Å². The SMILES string of the molecule is Brc1cncnc1N1CCCC1CN1CCOCC1. The van der Waals surface area contributed by atoms with Crippen LogP contribution in [0.5, 0.6) is 0 Å². The van der Waals surface area contributed by atoms with E-state index in [1.165, 1.54) is 12.8 Å². The molecule has 0 spiro atoms. The van der Waals surface area contributed by atoms with Crippen LogP contribution in [0, 0.1) is 0 Å². The van der Waals surface area contributed by atoms with E-state index in [4.69, 9.17) is 4.74 Å². The zero-order valence-electron chi connectivity index (χ0n) is 11.0. The van der Waals surface area contributed by atoms with Crippen LogP contribution in [0.1, 0.15) is 12.8 Å². The van der Waals surface area contributed by atoms with Crippen LogP contribution in [0.2, 0.25) is 0 Å². The Hall–Kier alpha value is -0.720. The molecule has 1 unspecified atom stereocenters. The van der Waals surface area contributed by atoms with Gasteiger partial charge in [0, 0.05) is 38.4 Å². The molecule has 3 rings (SSSR count). The van der Waals surface area contributed by atoms with Gasteiger partial charge in [-0.25, -0.2) is 9.97 Å². The van der Waals surface area contributed by atoms with Gasteiger partial charge in [0.25, 0.3) is 0 Å². The highest BCUT2D eigenvalue weighted by atomic mass is 79.9. The lowest BCUT2D eigenvalue weighted by Crippen LogP contribution is -2.45. The zero-order chi connectivity index (χ0) is 13.1. The van der Waals surface area contributed by atoms with Crippen molar-refractivity contribution in [3.05, 3.63) is 17.0 Å². The Bertz CT molecular complexity index is 425. The van der Waals surface area contributed by atoms with Crippen LogP contribution in [0.4, 0.5) is 5.82 Å². The predicted octanol–water partition coefficient (Wildman–Crippen LogP) is 1.54. The summed E-state index contributed by atoms with van der Waals surface area (Å²) in [5.41, 5.74) is 0. The van der Waals surface area contributed by atoms with Gasteiger partial charge in [0.15, 0.2) is 0 Å². The van der Waals surface area contributed by atoms with Gasteiger partial charge >= 0.3 is 0 Å². The number of anilines is 1. The number of aromatic nitrogens is 2. The Morgan fingerprint density at radius 2 is 2.16 bits per heavy atom. The summed E-state index contributed by atoms with van der Waals surface area (Å²) in [5.74, 6) is 1.03. The lowest BCUT2D eigenvalue weighted by Gasteiger charge is -2.33. The highest BCUT2D eigenvalue weighted by Gasteiger charge is 2.29. The number of hydrogen-bond donors (Lipinski definition) is 0. The maximum atomic E-state index is 5.41. The summed E-state index contributed by atoms with van der Waals surface area (Å²) in [6.07, 6.45) is 5.94. The highest BCUT2D eigenvalue weighted by Crippen LogP contribution is 2.29. The number of hydrogen-bond acceptors (Lipinski definition) is 5. The van der Waals surface area contributed by atoms with Crippen LogP contribution in [0.25, 0.3) is 0 Å². The van der Waals surface area contributed by atoms with Crippen LogP contribution in [-0.4, -0.2) is 60.3 Å². The Morgan fingerprint density at radius 1 is 1.32 bits per heavy atom. The van der Waals surface area contributed by atoms with E-state index in [9.17, 15) is 0 Å². The first-order valence-electron chi connectivity index (χ1n) is 6.87. The molecule has 0 aromatic carbocycles. The van der Waals surface area contributed by atoms with Gasteiger partial charge in [-0.2, -0.15) is 0 Å². The molecule has 2 saturated heterocycles. The molecule has 1 aromatic heterocycles. The minimum atomic E-state index is 0.560. The highest BCUT2D eigenvalue weighted by molar-refractivity contribution is 9.10. The summed E-state index contributed by atoms with van der Waals surface area (Å²) in [6.45, 7) is 6.03. The van der Waals surface area contributed by atoms with Crippen molar-refractivity contribution in [3.8, 4) is 0 Å². The maximum absolute atomic E-state index is 5.41. The average Bonchev–Trinajstić information content (AvgIpc) is 2.88. The van der Waals surface area contributed by atoms with Crippen molar-refractivity contribution in [3.63, 3.8) is 0 Å². The smallest absolute Gasteiger partial charge is 0.146 e. The van der Waals surface area contributed by atoms with Gasteiger partial charge in [0.05, 0.1) is 17.7 Å². The van der Waals surface area contributed by atoms with Crippen LogP contribution in [0.15, 0.2) is 17.0 Å². The summed E-state index contributed by atoms with van der Waals surface area (Å²) < 4.78 is 6.40. The standard InChI is InChI=1S/C13H19BrN4O/c14-12-8-15-10-16-13(12)18-3-1-2-11(18)9-17-4-6-19-7-5-17/h8,10-11H,1-7,9H2. The summed E-state index contributed by atoms with van der Waals surface area (Å²) in [5, 5.41) is 0. The van der Waals surface area contributed by atoms with Crippen molar-refractivity contribution in [2.75, 3.05) is 44.3 Å². The zero-order valence-corrected chi connectivity index (χ0v) is 12.5. The second kappa shape index (κ2) is 6.15. The molecule has 1 atom stereocenters. The van der Waals surface area contributed by atoms with Gasteiger partial charge in [-0.05, 0) is 28.8 Å². The molecule has 19 heavy (non-hydrogen) atoms. The third-order valence-corrected chi connectivity index (χ3v) is 4.43. The summed E-state index contributed by atoms with van der Waals surface area (Å²) >= 11 is 3.56. The number of ether oxygens (including phenoxy) is 1. The lowest BCUT2D eigenvalue weighted by molar-refractivity contribution is 0.0354. The van der Waals surface area contributed by atoms with Crippen LogP contribution in [0.3, 0.4) is 0 Å². The number of halogens is 1. The van der Waals surface area contributed by atoms with Crippen molar-refractivity contribution < 1.29 is 4.74 Å². The van der Waals surface area contributed by atoms with Crippen molar-refractivity contribution in [2.24, 2.45) is 0 Å². The first-order valence-corrected chi connectivity index (χ1v) is 7.66. The van der Waals surface area contributed by atoms with Gasteiger partial charge in [-0.3, -0.25) is 4.90 Å². The molecule has 2 fully saturated rings. The van der Waals surface area contributed by atoms with Crippen molar-refractivity contribution in [1.29, 1.82) is 0 Å². The monoisotopic (exact) mass is 326 g/mol. The van der Waals surface area contributed by atoms with Crippen molar-refractivity contribution >= 4 is 21.7 Å². The average molecular weight is 327 g/mol. The molecule has 0 amide bonds. The third-order valence-electron chi connectivity index (χ3n) is 3.87. The molecule has 2 aliphatic heterocycles. The Morgan fingerprint density at radius 3 is 2.95 bits per heavy atom. The molecule has 2 aliphatic rings. The van der Waals surface area contributed by atoms with E-state index < -0.39 is 0 Å². The lowest BCUT2D eigenvalue weighted by atomic mass is 10.2. The molecule has 0 saturated carbocycles. The second-order valence-electron chi connectivity index (χ2n) is 5.10. The molecule has 0 bridgehead atoms. The van der Waals surface area contributed by atoms with Gasteiger partial charge in [0.2, 0.25) is 0 Å². The minimum Gasteiger partial charge on any atom is -0.379 e. The van der Waals surface area contributed by atoms with E-state index >= 15 is 0 Å². The minimum absolute atomic E-state index is 0.560. The van der Waals surface area contributed by atoms with Crippen LogP contribution < -0.4 is 4.90 Å². The van der Waals surface area contributed by atoms with E-state index in [1.807, 2.05) is 6.20 Å². The van der Waals surface area contributed by atoms with Gasteiger partial charge in [0.1, 0.15) is 12.1 Å². The molecular weight excluding hydrogens is 308 g/mol. The largest absolute Gasteiger partial charge is 0.379 e. The van der Waals surface area contributed by atoms with E-state index in [-0.39, 0.29) is 0 Å². The van der Waals surface area contributed by atoms with E-state index in [2.05, 4.69) is 35.7 Å². The van der Waals surface area contributed by atoms with E-state index in [0.29, 0.717) is 6.04 Å². The fourth-order valence-electron chi connectivity index (χ4n) is 2.90.